The van der Waals surface area contributed by atoms with Gasteiger partial charge in [0.15, 0.2) is 0 Å². The molecule has 2 aliphatic carbocycles. The van der Waals surface area contributed by atoms with Crippen molar-refractivity contribution in [3.63, 3.8) is 0 Å². The van der Waals surface area contributed by atoms with Gasteiger partial charge in [-0.2, -0.15) is 0 Å². The maximum absolute atomic E-state index is 12.4. The van der Waals surface area contributed by atoms with E-state index < -0.39 is 0 Å². The van der Waals surface area contributed by atoms with Crippen molar-refractivity contribution < 1.29 is 14.3 Å². The second-order valence-corrected chi connectivity index (χ2v) is 6.66. The van der Waals surface area contributed by atoms with Gasteiger partial charge in [0.1, 0.15) is 21.4 Å². The van der Waals surface area contributed by atoms with Crippen LogP contribution in [0.5, 0.6) is 0 Å². The molecule has 0 unspecified atom stereocenters. The number of carbonyl (C=O) groups is 2. The number of carbonyl (C=O) groups excluding carboxylic acids is 2. The third kappa shape index (κ3) is 1.95. The predicted molar refractivity (Wildman–Crippen MR) is 76.4 cm³/mol. The van der Waals surface area contributed by atoms with E-state index >= 15 is 0 Å². The van der Waals surface area contributed by atoms with Crippen molar-refractivity contribution in [3.8, 4) is 0 Å². The molecule has 0 amide bonds. The molecule has 0 atom stereocenters. The molecular formula is C15H14Cl2O3. The van der Waals surface area contributed by atoms with E-state index in [1.807, 2.05) is 13.8 Å². The standard InChI is InChI=1S/C15H14Cl2O3/c1-15(2)6-5-7-9(20-15)4-3-8-10(7)14(19)12(17)11(16)13(8)18/h3-6H2,1-2H3. The minimum atomic E-state index is -0.346. The van der Waals surface area contributed by atoms with Crippen LogP contribution >= 0.6 is 23.2 Å². The summed E-state index contributed by atoms with van der Waals surface area (Å²) in [6.45, 7) is 4.05. The van der Waals surface area contributed by atoms with Crippen molar-refractivity contribution in [2.75, 3.05) is 0 Å². The number of halogens is 2. The van der Waals surface area contributed by atoms with Crippen LogP contribution in [0.15, 0.2) is 32.5 Å². The highest BCUT2D eigenvalue weighted by atomic mass is 35.5. The first kappa shape index (κ1) is 13.9. The topological polar surface area (TPSA) is 43.4 Å². The van der Waals surface area contributed by atoms with Gasteiger partial charge in [-0.3, -0.25) is 9.59 Å². The van der Waals surface area contributed by atoms with Gasteiger partial charge in [-0.15, -0.1) is 0 Å². The molecule has 1 aliphatic heterocycles. The largest absolute Gasteiger partial charge is 0.492 e. The zero-order valence-electron chi connectivity index (χ0n) is 11.3. The minimum absolute atomic E-state index is 0.156. The Morgan fingerprint density at radius 3 is 2.30 bits per heavy atom. The van der Waals surface area contributed by atoms with E-state index in [0.29, 0.717) is 24.0 Å². The molecule has 0 saturated carbocycles. The summed E-state index contributed by atoms with van der Waals surface area (Å²) >= 11 is 11.7. The van der Waals surface area contributed by atoms with Crippen molar-refractivity contribution in [1.29, 1.82) is 0 Å². The molecule has 20 heavy (non-hydrogen) atoms. The fourth-order valence-corrected chi connectivity index (χ4v) is 3.35. The second kappa shape index (κ2) is 4.47. The Kier molecular flexibility index (Phi) is 3.11. The molecule has 1 heterocycles. The second-order valence-electron chi connectivity index (χ2n) is 5.90. The van der Waals surface area contributed by atoms with Crippen LogP contribution in [-0.4, -0.2) is 17.2 Å². The van der Waals surface area contributed by atoms with Gasteiger partial charge < -0.3 is 4.74 Å². The maximum Gasteiger partial charge on any atom is 0.206 e. The van der Waals surface area contributed by atoms with Crippen LogP contribution in [0.1, 0.15) is 39.5 Å². The number of fused-ring (bicyclic) bond motifs is 1. The summed E-state index contributed by atoms with van der Waals surface area (Å²) in [4.78, 5) is 24.5. The maximum atomic E-state index is 12.4. The normalized spacial score (nSPS) is 25.6. The molecule has 3 nitrogen and oxygen atoms in total. The lowest BCUT2D eigenvalue weighted by Crippen LogP contribution is -2.33. The fourth-order valence-electron chi connectivity index (χ4n) is 2.97. The quantitative estimate of drug-likeness (QED) is 0.640. The van der Waals surface area contributed by atoms with Gasteiger partial charge in [-0.1, -0.05) is 23.2 Å². The van der Waals surface area contributed by atoms with Crippen LogP contribution < -0.4 is 0 Å². The number of allylic oxidation sites excluding steroid dienone is 6. The van der Waals surface area contributed by atoms with Crippen molar-refractivity contribution in [2.45, 2.75) is 45.1 Å². The van der Waals surface area contributed by atoms with E-state index in [1.54, 1.807) is 0 Å². The van der Waals surface area contributed by atoms with E-state index in [1.165, 1.54) is 0 Å². The number of Topliss-reactive ketones (excluding diaryl/α,β-unsaturated/α-hetero) is 2. The Morgan fingerprint density at radius 1 is 0.950 bits per heavy atom. The van der Waals surface area contributed by atoms with Gasteiger partial charge in [0, 0.05) is 23.1 Å². The Bertz CT molecular complexity index is 636. The monoisotopic (exact) mass is 312 g/mol. The molecule has 0 fully saturated rings. The Balaban J connectivity index is 2.11. The molecule has 106 valence electrons. The highest BCUT2D eigenvalue weighted by Gasteiger charge is 2.41. The molecule has 0 aromatic carbocycles. The molecule has 0 radical (unpaired) electrons. The number of ketones is 2. The van der Waals surface area contributed by atoms with Gasteiger partial charge in [0.25, 0.3) is 0 Å². The molecule has 0 aromatic rings. The van der Waals surface area contributed by atoms with Gasteiger partial charge >= 0.3 is 0 Å². The lowest BCUT2D eigenvalue weighted by atomic mass is 9.78. The number of hydrogen-bond donors (Lipinski definition) is 0. The summed E-state index contributed by atoms with van der Waals surface area (Å²) in [5.74, 6) is 0.160. The molecule has 5 heteroatoms. The lowest BCUT2D eigenvalue weighted by molar-refractivity contribution is -0.116. The summed E-state index contributed by atoms with van der Waals surface area (Å²) in [6, 6.07) is 0. The molecule has 3 aliphatic rings. The van der Waals surface area contributed by atoms with E-state index in [0.717, 1.165) is 24.2 Å². The summed E-state index contributed by atoms with van der Waals surface area (Å²) in [6.07, 6.45) is 2.65. The van der Waals surface area contributed by atoms with Crippen LogP contribution in [0, 0.1) is 0 Å². The highest BCUT2D eigenvalue weighted by Crippen LogP contribution is 2.45. The smallest absolute Gasteiger partial charge is 0.206 e. The third-order valence-corrected chi connectivity index (χ3v) is 4.83. The molecule has 0 saturated heterocycles. The first-order valence-electron chi connectivity index (χ1n) is 6.61. The molecular weight excluding hydrogens is 299 g/mol. The summed E-state index contributed by atoms with van der Waals surface area (Å²) in [5.41, 5.74) is 1.54. The average Bonchev–Trinajstić information content (AvgIpc) is 2.40. The van der Waals surface area contributed by atoms with Gasteiger partial charge in [0.2, 0.25) is 11.6 Å². The van der Waals surface area contributed by atoms with E-state index in [4.69, 9.17) is 27.9 Å². The van der Waals surface area contributed by atoms with E-state index in [2.05, 4.69) is 0 Å². The predicted octanol–water partition coefficient (Wildman–Crippen LogP) is 3.76. The van der Waals surface area contributed by atoms with Crippen molar-refractivity contribution in [1.82, 2.24) is 0 Å². The molecule has 0 spiro atoms. The summed E-state index contributed by atoms with van der Waals surface area (Å²) < 4.78 is 5.96. The van der Waals surface area contributed by atoms with Crippen LogP contribution in [0.4, 0.5) is 0 Å². The van der Waals surface area contributed by atoms with Gasteiger partial charge in [-0.25, -0.2) is 0 Å². The van der Waals surface area contributed by atoms with Crippen molar-refractivity contribution in [3.05, 3.63) is 32.5 Å². The van der Waals surface area contributed by atoms with Gasteiger partial charge in [0.05, 0.1) is 0 Å². The molecule has 3 rings (SSSR count). The highest BCUT2D eigenvalue weighted by molar-refractivity contribution is 6.59. The summed E-state index contributed by atoms with van der Waals surface area (Å²) in [7, 11) is 0. The van der Waals surface area contributed by atoms with Crippen LogP contribution in [-0.2, 0) is 14.3 Å². The first-order valence-corrected chi connectivity index (χ1v) is 7.36. The Morgan fingerprint density at radius 2 is 1.60 bits per heavy atom. The number of rotatable bonds is 0. The van der Waals surface area contributed by atoms with Gasteiger partial charge in [-0.05, 0) is 33.1 Å². The molecule has 0 N–H and O–H groups in total. The molecule has 0 aromatic heterocycles. The summed E-state index contributed by atoms with van der Waals surface area (Å²) in [5, 5.41) is -0.328. The minimum Gasteiger partial charge on any atom is -0.492 e. The number of ether oxygens (including phenoxy) is 1. The Labute approximate surface area is 127 Å². The third-order valence-electron chi connectivity index (χ3n) is 4.01. The zero-order chi connectivity index (χ0) is 14.7. The van der Waals surface area contributed by atoms with Crippen LogP contribution in [0.25, 0.3) is 0 Å². The van der Waals surface area contributed by atoms with Crippen LogP contribution in [0.3, 0.4) is 0 Å². The van der Waals surface area contributed by atoms with E-state index in [-0.39, 0.29) is 27.2 Å². The van der Waals surface area contributed by atoms with Crippen molar-refractivity contribution in [2.24, 2.45) is 0 Å². The zero-order valence-corrected chi connectivity index (χ0v) is 12.8. The van der Waals surface area contributed by atoms with Crippen molar-refractivity contribution >= 4 is 34.8 Å². The van der Waals surface area contributed by atoms with Crippen LogP contribution in [0.2, 0.25) is 0 Å². The fraction of sp³-hybridized carbons (Fsp3) is 0.467. The first-order chi connectivity index (χ1) is 9.32. The lowest BCUT2D eigenvalue weighted by Gasteiger charge is -2.38. The SMILES string of the molecule is CC1(C)CCC2=C(CCC3=C2C(=O)C(Cl)=C(Cl)C3=O)O1. The van der Waals surface area contributed by atoms with E-state index in [9.17, 15) is 9.59 Å². The number of hydrogen-bond acceptors (Lipinski definition) is 3. The average molecular weight is 313 g/mol. The Hall–Kier alpha value is -1.06. The molecule has 0 bridgehead atoms.